The average Bonchev–Trinajstić information content (AvgIpc) is 2.58. The second-order valence-corrected chi connectivity index (χ2v) is 5.81. The van der Waals surface area contributed by atoms with Gasteiger partial charge in [0.2, 0.25) is 5.88 Å². The SMILES string of the molecule is COc1ccc([C@H](C2CCOCC2)N2CCNCC2)cn1.Cl.Cl. The molecule has 3 rings (SSSR count). The first-order valence-corrected chi connectivity index (χ1v) is 7.91. The van der Waals surface area contributed by atoms with Gasteiger partial charge in [-0.15, -0.1) is 24.8 Å². The van der Waals surface area contributed by atoms with Crippen molar-refractivity contribution in [1.29, 1.82) is 0 Å². The van der Waals surface area contributed by atoms with Crippen LogP contribution in [0.4, 0.5) is 0 Å². The van der Waals surface area contributed by atoms with Crippen LogP contribution in [-0.2, 0) is 4.74 Å². The Morgan fingerprint density at radius 1 is 1.22 bits per heavy atom. The van der Waals surface area contributed by atoms with E-state index >= 15 is 0 Å². The molecule has 1 N–H and O–H groups in total. The van der Waals surface area contributed by atoms with Crippen LogP contribution in [0.15, 0.2) is 18.3 Å². The maximum atomic E-state index is 5.54. The highest BCUT2D eigenvalue weighted by atomic mass is 35.5. The van der Waals surface area contributed by atoms with Crippen molar-refractivity contribution in [2.75, 3.05) is 46.5 Å². The van der Waals surface area contributed by atoms with E-state index in [1.807, 2.05) is 12.3 Å². The molecule has 1 atom stereocenters. The van der Waals surface area contributed by atoms with Gasteiger partial charge in [-0.3, -0.25) is 4.90 Å². The summed E-state index contributed by atoms with van der Waals surface area (Å²) in [6.07, 6.45) is 4.27. The second kappa shape index (κ2) is 10.3. The number of halogens is 2. The van der Waals surface area contributed by atoms with E-state index in [9.17, 15) is 0 Å². The number of aromatic nitrogens is 1. The van der Waals surface area contributed by atoms with E-state index in [2.05, 4.69) is 21.3 Å². The van der Waals surface area contributed by atoms with E-state index in [4.69, 9.17) is 9.47 Å². The minimum Gasteiger partial charge on any atom is -0.481 e. The van der Waals surface area contributed by atoms with Crippen molar-refractivity contribution in [2.24, 2.45) is 5.92 Å². The van der Waals surface area contributed by atoms with Crippen LogP contribution in [0.2, 0.25) is 0 Å². The number of nitrogens with zero attached hydrogens (tertiary/aromatic N) is 2. The predicted octanol–water partition coefficient (Wildman–Crippen LogP) is 2.31. The average molecular weight is 364 g/mol. The highest BCUT2D eigenvalue weighted by Gasteiger charge is 2.31. The van der Waals surface area contributed by atoms with Crippen molar-refractivity contribution < 1.29 is 9.47 Å². The van der Waals surface area contributed by atoms with E-state index in [1.165, 1.54) is 5.56 Å². The zero-order valence-corrected chi connectivity index (χ0v) is 15.2. The van der Waals surface area contributed by atoms with Gasteiger partial charge in [0.05, 0.1) is 7.11 Å². The van der Waals surface area contributed by atoms with E-state index in [0.717, 1.165) is 52.2 Å². The molecule has 0 bridgehead atoms. The summed E-state index contributed by atoms with van der Waals surface area (Å²) >= 11 is 0. The maximum absolute atomic E-state index is 5.54. The van der Waals surface area contributed by atoms with Crippen LogP contribution in [0.25, 0.3) is 0 Å². The summed E-state index contributed by atoms with van der Waals surface area (Å²) in [4.78, 5) is 7.02. The van der Waals surface area contributed by atoms with Crippen LogP contribution in [-0.4, -0.2) is 56.4 Å². The molecule has 2 aliphatic rings. The van der Waals surface area contributed by atoms with Gasteiger partial charge in [-0.2, -0.15) is 0 Å². The Kier molecular flexibility index (Phi) is 9.17. The van der Waals surface area contributed by atoms with Crippen molar-refractivity contribution in [3.05, 3.63) is 23.9 Å². The Balaban J connectivity index is 0.00000132. The summed E-state index contributed by atoms with van der Waals surface area (Å²) in [7, 11) is 1.66. The molecule has 0 spiro atoms. The van der Waals surface area contributed by atoms with Crippen molar-refractivity contribution in [1.82, 2.24) is 15.2 Å². The standard InChI is InChI=1S/C16H25N3O2.2ClH/c1-20-15-3-2-14(12-18-15)16(13-4-10-21-11-5-13)19-8-6-17-7-9-19;;/h2-3,12-13,16-17H,4-11H2,1H3;2*1H/t16-;;/m0../s1. The third kappa shape index (κ3) is 5.19. The summed E-state index contributed by atoms with van der Waals surface area (Å²) in [5, 5.41) is 3.44. The van der Waals surface area contributed by atoms with Crippen molar-refractivity contribution in [3.63, 3.8) is 0 Å². The van der Waals surface area contributed by atoms with Crippen LogP contribution in [0, 0.1) is 5.92 Å². The van der Waals surface area contributed by atoms with Gasteiger partial charge in [-0.1, -0.05) is 6.07 Å². The summed E-state index contributed by atoms with van der Waals surface area (Å²) < 4.78 is 10.7. The fourth-order valence-corrected chi connectivity index (χ4v) is 3.46. The lowest BCUT2D eigenvalue weighted by atomic mass is 9.86. The van der Waals surface area contributed by atoms with Gasteiger partial charge in [0.1, 0.15) is 0 Å². The quantitative estimate of drug-likeness (QED) is 0.889. The largest absolute Gasteiger partial charge is 0.481 e. The number of hydrogen-bond donors (Lipinski definition) is 1. The monoisotopic (exact) mass is 363 g/mol. The molecule has 23 heavy (non-hydrogen) atoms. The molecule has 3 heterocycles. The first-order chi connectivity index (χ1) is 10.4. The van der Waals surface area contributed by atoms with Crippen molar-refractivity contribution in [2.45, 2.75) is 18.9 Å². The number of rotatable bonds is 4. The smallest absolute Gasteiger partial charge is 0.212 e. The minimum atomic E-state index is 0. The van der Waals surface area contributed by atoms with Crippen molar-refractivity contribution in [3.8, 4) is 5.88 Å². The fraction of sp³-hybridized carbons (Fsp3) is 0.688. The molecule has 132 valence electrons. The molecule has 0 aromatic carbocycles. The van der Waals surface area contributed by atoms with E-state index < -0.39 is 0 Å². The van der Waals surface area contributed by atoms with Gasteiger partial charge in [0.15, 0.2) is 0 Å². The molecule has 1 aromatic heterocycles. The van der Waals surface area contributed by atoms with Crippen LogP contribution in [0.5, 0.6) is 5.88 Å². The van der Waals surface area contributed by atoms with E-state index in [1.54, 1.807) is 7.11 Å². The van der Waals surface area contributed by atoms with Gasteiger partial charge in [-0.05, 0) is 24.3 Å². The lowest BCUT2D eigenvalue weighted by molar-refractivity contribution is 0.0212. The maximum Gasteiger partial charge on any atom is 0.212 e. The van der Waals surface area contributed by atoms with Gasteiger partial charge in [-0.25, -0.2) is 4.98 Å². The van der Waals surface area contributed by atoms with E-state index in [0.29, 0.717) is 17.8 Å². The first kappa shape index (κ1) is 20.5. The molecule has 0 saturated carbocycles. The molecule has 0 unspecified atom stereocenters. The third-order valence-electron chi connectivity index (χ3n) is 4.57. The van der Waals surface area contributed by atoms with Gasteiger partial charge < -0.3 is 14.8 Å². The Hall–Kier alpha value is -0.590. The number of ether oxygens (including phenoxy) is 2. The number of hydrogen-bond acceptors (Lipinski definition) is 5. The number of pyridine rings is 1. The molecule has 0 radical (unpaired) electrons. The zero-order valence-electron chi connectivity index (χ0n) is 13.6. The summed E-state index contributed by atoms with van der Waals surface area (Å²) in [6.45, 7) is 6.13. The van der Waals surface area contributed by atoms with Crippen molar-refractivity contribution >= 4 is 24.8 Å². The molecule has 2 saturated heterocycles. The Labute approximate surface area is 150 Å². The Morgan fingerprint density at radius 2 is 1.91 bits per heavy atom. The van der Waals surface area contributed by atoms with Crippen LogP contribution < -0.4 is 10.1 Å². The molecular formula is C16H27Cl2N3O2. The van der Waals surface area contributed by atoms with Crippen LogP contribution in [0.3, 0.4) is 0 Å². The molecule has 0 amide bonds. The molecular weight excluding hydrogens is 337 g/mol. The topological polar surface area (TPSA) is 46.6 Å². The zero-order chi connectivity index (χ0) is 14.5. The molecule has 7 heteroatoms. The molecule has 5 nitrogen and oxygen atoms in total. The van der Waals surface area contributed by atoms with Gasteiger partial charge >= 0.3 is 0 Å². The Morgan fingerprint density at radius 3 is 2.48 bits per heavy atom. The number of methoxy groups -OCH3 is 1. The van der Waals surface area contributed by atoms with E-state index in [-0.39, 0.29) is 24.8 Å². The highest BCUT2D eigenvalue weighted by molar-refractivity contribution is 5.85. The van der Waals surface area contributed by atoms with Crippen LogP contribution in [0.1, 0.15) is 24.4 Å². The third-order valence-corrected chi connectivity index (χ3v) is 4.57. The highest BCUT2D eigenvalue weighted by Crippen LogP contribution is 2.35. The molecule has 2 fully saturated rings. The molecule has 1 aromatic rings. The number of nitrogens with one attached hydrogen (secondary N) is 1. The van der Waals surface area contributed by atoms with Gasteiger partial charge in [0, 0.05) is 57.7 Å². The van der Waals surface area contributed by atoms with Crippen LogP contribution >= 0.6 is 24.8 Å². The molecule has 2 aliphatic heterocycles. The summed E-state index contributed by atoms with van der Waals surface area (Å²) in [5.41, 5.74) is 1.31. The number of piperazine rings is 1. The summed E-state index contributed by atoms with van der Waals surface area (Å²) in [5.74, 6) is 1.34. The fourth-order valence-electron chi connectivity index (χ4n) is 3.46. The first-order valence-electron chi connectivity index (χ1n) is 7.91. The lowest BCUT2D eigenvalue weighted by Crippen LogP contribution is -2.47. The minimum absolute atomic E-state index is 0. The van der Waals surface area contributed by atoms with Gasteiger partial charge in [0.25, 0.3) is 0 Å². The second-order valence-electron chi connectivity index (χ2n) is 5.81. The predicted molar refractivity (Wildman–Crippen MR) is 96.0 cm³/mol. The normalized spacial score (nSPS) is 20.9. The Bertz CT molecular complexity index is 417. The lowest BCUT2D eigenvalue weighted by Gasteiger charge is -2.41. The molecule has 0 aliphatic carbocycles. The summed E-state index contributed by atoms with van der Waals surface area (Å²) in [6, 6.07) is 4.60.